The third-order valence-corrected chi connectivity index (χ3v) is 6.90. The molecule has 2 N–H and O–H groups in total. The Kier molecular flexibility index (Phi) is 5.35. The lowest BCUT2D eigenvalue weighted by atomic mass is 10.1. The molecule has 1 atom stereocenters. The molecule has 1 spiro atoms. The van der Waals surface area contributed by atoms with Gasteiger partial charge in [0, 0.05) is 19.4 Å². The molecule has 0 aromatic heterocycles. The number of benzene rings is 1. The number of fused-ring (bicyclic) bond motifs is 2. The van der Waals surface area contributed by atoms with E-state index in [2.05, 4.69) is 10.4 Å². The van der Waals surface area contributed by atoms with Crippen LogP contribution in [0.3, 0.4) is 0 Å². The van der Waals surface area contributed by atoms with Gasteiger partial charge in [-0.3, -0.25) is 14.4 Å². The summed E-state index contributed by atoms with van der Waals surface area (Å²) in [6.45, 7) is 6.51. The number of amidine groups is 1. The van der Waals surface area contributed by atoms with Crippen LogP contribution in [0.1, 0.15) is 38.7 Å². The van der Waals surface area contributed by atoms with Crippen molar-refractivity contribution in [1.82, 2.24) is 10.3 Å². The van der Waals surface area contributed by atoms with E-state index in [-0.39, 0.29) is 22.9 Å². The fraction of sp³-hybridized carbons (Fsp3) is 0.500. The molecule has 3 aliphatic rings. The van der Waals surface area contributed by atoms with Crippen LogP contribution in [0.4, 0.5) is 5.69 Å². The highest BCUT2D eigenvalue weighted by Crippen LogP contribution is 2.54. The van der Waals surface area contributed by atoms with Crippen LogP contribution in [0.15, 0.2) is 29.4 Å². The van der Waals surface area contributed by atoms with Crippen molar-refractivity contribution in [2.45, 2.75) is 38.0 Å². The van der Waals surface area contributed by atoms with E-state index in [4.69, 9.17) is 0 Å². The monoisotopic (exact) mass is 416 g/mol. The highest BCUT2D eigenvalue weighted by Gasteiger charge is 2.61. The first-order valence-electron chi connectivity index (χ1n) is 10.0. The summed E-state index contributed by atoms with van der Waals surface area (Å²) < 4.78 is 0. The molecule has 3 heterocycles. The zero-order valence-corrected chi connectivity index (χ0v) is 17.6. The lowest BCUT2D eigenvalue weighted by Crippen LogP contribution is -3.13. The van der Waals surface area contributed by atoms with Gasteiger partial charge in [-0.2, -0.15) is 5.01 Å². The molecule has 0 bridgehead atoms. The standard InChI is InChI=1S/C20H25N5O3S/c1-14(26)21-19-22-25(15(2)27)20(29-19)16-8-4-5-9-17(16)24(18(20)28)13-12-23-10-6-3-7-11-23/h4-5,8-9H,3,6-7,10-13H2,1-2H3,(H,21,22,26)/p+1/t20-/m1/s1. The molecule has 1 aromatic rings. The van der Waals surface area contributed by atoms with E-state index < -0.39 is 4.87 Å². The first kappa shape index (κ1) is 19.9. The fourth-order valence-electron chi connectivity index (χ4n) is 4.36. The summed E-state index contributed by atoms with van der Waals surface area (Å²) in [4.78, 5) is 39.7. The number of piperidine rings is 1. The van der Waals surface area contributed by atoms with Crippen molar-refractivity contribution in [3.8, 4) is 0 Å². The Morgan fingerprint density at radius 2 is 1.93 bits per heavy atom. The van der Waals surface area contributed by atoms with E-state index in [1.54, 1.807) is 4.90 Å². The van der Waals surface area contributed by atoms with E-state index >= 15 is 0 Å². The number of hydrogen-bond donors (Lipinski definition) is 2. The van der Waals surface area contributed by atoms with E-state index in [9.17, 15) is 14.4 Å². The van der Waals surface area contributed by atoms with Gasteiger partial charge in [0.1, 0.15) is 0 Å². The molecule has 4 rings (SSSR count). The lowest BCUT2D eigenvalue weighted by molar-refractivity contribution is -0.903. The number of quaternary nitrogens is 1. The Labute approximate surface area is 174 Å². The van der Waals surface area contributed by atoms with Gasteiger partial charge < -0.3 is 15.1 Å². The van der Waals surface area contributed by atoms with E-state index in [0.717, 1.165) is 42.6 Å². The number of likely N-dealkylation sites (tertiary alicyclic amines) is 1. The molecule has 29 heavy (non-hydrogen) atoms. The van der Waals surface area contributed by atoms with Crippen LogP contribution < -0.4 is 15.1 Å². The van der Waals surface area contributed by atoms with Crippen LogP contribution in [0.2, 0.25) is 0 Å². The Morgan fingerprint density at radius 1 is 1.21 bits per heavy atom. The van der Waals surface area contributed by atoms with Crippen LogP contribution in [-0.4, -0.2) is 54.1 Å². The van der Waals surface area contributed by atoms with Gasteiger partial charge in [-0.1, -0.05) is 18.2 Å². The smallest absolute Gasteiger partial charge is 0.271 e. The first-order chi connectivity index (χ1) is 13.9. The van der Waals surface area contributed by atoms with E-state index in [1.807, 2.05) is 24.3 Å². The van der Waals surface area contributed by atoms with Gasteiger partial charge >= 0.3 is 0 Å². The van der Waals surface area contributed by atoms with Gasteiger partial charge in [0.05, 0.1) is 31.9 Å². The molecule has 1 aromatic carbocycles. The number of amides is 3. The molecule has 0 unspecified atom stereocenters. The molecule has 1 fully saturated rings. The Bertz CT molecular complexity index is 883. The minimum absolute atomic E-state index is 0.181. The summed E-state index contributed by atoms with van der Waals surface area (Å²) in [5.41, 5.74) is 1.55. The second-order valence-electron chi connectivity index (χ2n) is 7.70. The molecular formula is C20H26N5O3S+. The Balaban J connectivity index is 1.66. The average molecular weight is 417 g/mol. The molecule has 8 nitrogen and oxygen atoms in total. The van der Waals surface area contributed by atoms with Crippen molar-refractivity contribution in [2.75, 3.05) is 31.1 Å². The SMILES string of the molecule is CC(=O)NC1=NN(C(C)=O)[C@]2(S1)C(=O)N(CC[NH+]1CCCCC1)c1ccccc12. The average Bonchev–Trinajstić information content (AvgIpc) is 3.18. The number of hydrazone groups is 1. The van der Waals surface area contributed by atoms with Gasteiger partial charge in [-0.25, -0.2) is 0 Å². The van der Waals surface area contributed by atoms with Crippen LogP contribution in [0.5, 0.6) is 0 Å². The minimum Gasteiger partial charge on any atom is -0.333 e. The Hall–Kier alpha value is -2.39. The second kappa shape index (κ2) is 7.79. The van der Waals surface area contributed by atoms with Gasteiger partial charge in [0.2, 0.25) is 16.7 Å². The topological polar surface area (TPSA) is 86.5 Å². The van der Waals surface area contributed by atoms with E-state index in [0.29, 0.717) is 6.54 Å². The third-order valence-electron chi connectivity index (χ3n) is 5.66. The fourth-order valence-corrected chi connectivity index (χ4v) is 5.69. The molecule has 1 saturated heterocycles. The normalized spacial score (nSPS) is 24.1. The third kappa shape index (κ3) is 3.42. The summed E-state index contributed by atoms with van der Waals surface area (Å²) in [5.74, 6) is -0.815. The summed E-state index contributed by atoms with van der Waals surface area (Å²) in [6.07, 6.45) is 3.74. The van der Waals surface area contributed by atoms with Crippen LogP contribution in [-0.2, 0) is 19.3 Å². The van der Waals surface area contributed by atoms with E-state index in [1.165, 1.54) is 43.0 Å². The molecule has 3 aliphatic heterocycles. The number of nitrogens with zero attached hydrogens (tertiary/aromatic N) is 3. The predicted molar refractivity (Wildman–Crippen MR) is 111 cm³/mol. The molecule has 3 amide bonds. The number of nitrogens with one attached hydrogen (secondary N) is 2. The lowest BCUT2D eigenvalue weighted by Gasteiger charge is -2.30. The molecular weight excluding hydrogens is 390 g/mol. The van der Waals surface area contributed by atoms with Crippen molar-refractivity contribution in [3.63, 3.8) is 0 Å². The quantitative estimate of drug-likeness (QED) is 0.740. The maximum atomic E-state index is 13.7. The van der Waals surface area contributed by atoms with Crippen molar-refractivity contribution in [2.24, 2.45) is 5.10 Å². The first-order valence-corrected chi connectivity index (χ1v) is 10.9. The summed E-state index contributed by atoms with van der Waals surface area (Å²) in [5, 5.41) is 8.39. The zero-order valence-electron chi connectivity index (χ0n) is 16.7. The molecule has 0 radical (unpaired) electrons. The van der Waals surface area contributed by atoms with Crippen LogP contribution >= 0.6 is 11.8 Å². The Morgan fingerprint density at radius 3 is 2.62 bits per heavy atom. The van der Waals surface area contributed by atoms with Crippen molar-refractivity contribution in [3.05, 3.63) is 29.8 Å². The molecule has 9 heteroatoms. The highest BCUT2D eigenvalue weighted by atomic mass is 32.2. The summed E-state index contributed by atoms with van der Waals surface area (Å²) >= 11 is 1.13. The van der Waals surface area contributed by atoms with Crippen molar-refractivity contribution >= 4 is 40.3 Å². The molecule has 0 saturated carbocycles. The number of thioether (sulfide) groups is 1. The second-order valence-corrected chi connectivity index (χ2v) is 8.88. The van der Waals surface area contributed by atoms with Crippen LogP contribution in [0, 0.1) is 0 Å². The zero-order chi connectivity index (χ0) is 20.6. The summed E-state index contributed by atoms with van der Waals surface area (Å²) in [6, 6.07) is 7.56. The van der Waals surface area contributed by atoms with Gasteiger partial charge in [-0.15, -0.1) is 5.10 Å². The maximum Gasteiger partial charge on any atom is 0.271 e. The summed E-state index contributed by atoms with van der Waals surface area (Å²) in [7, 11) is 0. The minimum atomic E-state index is -1.29. The highest BCUT2D eigenvalue weighted by molar-refractivity contribution is 8.15. The maximum absolute atomic E-state index is 13.7. The number of carbonyl (C=O) groups excluding carboxylic acids is 3. The predicted octanol–water partition coefficient (Wildman–Crippen LogP) is 0.257. The molecule has 154 valence electrons. The number of rotatable bonds is 3. The number of para-hydroxylation sites is 1. The van der Waals surface area contributed by atoms with Gasteiger partial charge in [0.15, 0.2) is 5.17 Å². The number of anilines is 1. The largest absolute Gasteiger partial charge is 0.333 e. The van der Waals surface area contributed by atoms with Gasteiger partial charge in [0.25, 0.3) is 5.91 Å². The van der Waals surface area contributed by atoms with Crippen LogP contribution in [0.25, 0.3) is 0 Å². The van der Waals surface area contributed by atoms with Crippen molar-refractivity contribution in [1.29, 1.82) is 0 Å². The van der Waals surface area contributed by atoms with Gasteiger partial charge in [-0.05, 0) is 37.1 Å². The molecule has 0 aliphatic carbocycles. The van der Waals surface area contributed by atoms with Crippen molar-refractivity contribution < 1.29 is 19.3 Å². The number of carbonyl (C=O) groups is 3. The number of hydrogen-bond acceptors (Lipinski definition) is 5.